The summed E-state index contributed by atoms with van der Waals surface area (Å²) in [6.45, 7) is 0. The maximum Gasteiger partial charge on any atom is 1.00 e. The van der Waals surface area contributed by atoms with E-state index >= 15 is 0 Å². The van der Waals surface area contributed by atoms with E-state index in [1.165, 1.54) is 0 Å². The third-order valence-corrected chi connectivity index (χ3v) is 0. The van der Waals surface area contributed by atoms with E-state index in [2.05, 4.69) is 0 Å². The van der Waals surface area contributed by atoms with Crippen molar-refractivity contribution >= 4 is 0 Å². The Morgan fingerprint density at radius 2 is 0.500 bits per heavy atom. The SMILES string of the molecule is O.O.O.[Na+].[Na+].[Zr]. The number of hydrogen-bond acceptors (Lipinski definition) is 0. The van der Waals surface area contributed by atoms with Crippen LogP contribution in [0, 0.1) is 0 Å². The molecule has 0 saturated heterocycles. The first-order chi connectivity index (χ1) is 0. The largest absolute Gasteiger partial charge is 1.00 e. The molecule has 0 spiro atoms. The first kappa shape index (κ1) is 69.2. The van der Waals surface area contributed by atoms with Crippen LogP contribution in [0.2, 0.25) is 0 Å². The molecule has 0 aromatic rings. The standard InChI is InChI=1S/2Na.3H2O.Zr/h;;3*1H2;/q2*+1;;;;. The second kappa shape index (κ2) is 46.5. The molecule has 0 unspecified atom stereocenters. The molecule has 6 heteroatoms. The molecule has 0 saturated carbocycles. The normalized spacial score (nSPS) is 0. The van der Waals surface area contributed by atoms with E-state index in [-0.39, 0.29) is 102 Å². The Morgan fingerprint density at radius 3 is 0.500 bits per heavy atom. The minimum absolute atomic E-state index is 0. The Bertz CT molecular complexity index is 8.75. The number of rotatable bonds is 0. The van der Waals surface area contributed by atoms with Crippen molar-refractivity contribution < 1.29 is 102 Å². The second-order valence-electron chi connectivity index (χ2n) is 0. The average Bonchev–Trinajstić information content (AvgIpc) is 0. The van der Waals surface area contributed by atoms with Gasteiger partial charge in [0.25, 0.3) is 0 Å². The molecule has 0 aliphatic heterocycles. The number of hydrogen-bond donors (Lipinski definition) is 0. The van der Waals surface area contributed by atoms with E-state index in [4.69, 9.17) is 0 Å². The van der Waals surface area contributed by atoms with E-state index in [1.807, 2.05) is 0 Å². The first-order valence-electron chi connectivity index (χ1n) is 0. The molecule has 0 atom stereocenters. The minimum Gasteiger partial charge on any atom is -0.412 e. The van der Waals surface area contributed by atoms with Crippen molar-refractivity contribution in [3.05, 3.63) is 0 Å². The van der Waals surface area contributed by atoms with Crippen LogP contribution in [0.15, 0.2) is 0 Å². The van der Waals surface area contributed by atoms with E-state index in [1.54, 1.807) is 0 Å². The van der Waals surface area contributed by atoms with Crippen LogP contribution in [-0.4, -0.2) is 16.4 Å². The van der Waals surface area contributed by atoms with Gasteiger partial charge in [-0.1, -0.05) is 0 Å². The Hall–Kier alpha value is 2.76. The molecule has 28 valence electrons. The van der Waals surface area contributed by atoms with Crippen LogP contribution in [0.25, 0.3) is 0 Å². The van der Waals surface area contributed by atoms with Gasteiger partial charge in [-0.2, -0.15) is 0 Å². The topological polar surface area (TPSA) is 94.5 Å². The third-order valence-electron chi connectivity index (χ3n) is 0. The predicted molar refractivity (Wildman–Crippen MR) is 10.8 cm³/mol. The zero-order chi connectivity index (χ0) is 0. The van der Waals surface area contributed by atoms with Crippen molar-refractivity contribution in [2.75, 3.05) is 0 Å². The van der Waals surface area contributed by atoms with Gasteiger partial charge in [0.2, 0.25) is 0 Å². The fourth-order valence-electron chi connectivity index (χ4n) is 0. The van der Waals surface area contributed by atoms with E-state index in [9.17, 15) is 0 Å². The molecular weight excluding hydrogens is 185 g/mol. The summed E-state index contributed by atoms with van der Waals surface area (Å²) >= 11 is 0. The van der Waals surface area contributed by atoms with Crippen LogP contribution in [0.5, 0.6) is 0 Å². The van der Waals surface area contributed by atoms with Crippen LogP contribution in [0.3, 0.4) is 0 Å². The molecule has 0 radical (unpaired) electrons. The molecule has 0 amide bonds. The zero-order valence-electron chi connectivity index (χ0n) is 4.00. The van der Waals surface area contributed by atoms with Crippen molar-refractivity contribution in [3.8, 4) is 0 Å². The molecule has 0 heterocycles. The van der Waals surface area contributed by atoms with Crippen LogP contribution in [0.4, 0.5) is 0 Å². The maximum atomic E-state index is 0. The molecule has 6 heavy (non-hydrogen) atoms. The Morgan fingerprint density at radius 1 is 0.500 bits per heavy atom. The fraction of sp³-hybridized carbons (Fsp3) is 0. The van der Waals surface area contributed by atoms with Gasteiger partial charge in [0, 0.05) is 26.2 Å². The molecule has 3 nitrogen and oxygen atoms in total. The molecule has 0 aromatic heterocycles. The van der Waals surface area contributed by atoms with Gasteiger partial charge >= 0.3 is 59.1 Å². The van der Waals surface area contributed by atoms with Gasteiger partial charge in [-0.3, -0.25) is 0 Å². The molecule has 0 aliphatic rings. The molecule has 0 rings (SSSR count). The van der Waals surface area contributed by atoms with Gasteiger partial charge in [0.15, 0.2) is 0 Å². The summed E-state index contributed by atoms with van der Waals surface area (Å²) in [5.41, 5.74) is 0. The molecule has 0 aliphatic carbocycles. The quantitative estimate of drug-likeness (QED) is 0.340. The third kappa shape index (κ3) is 29.4. The molecule has 6 N–H and O–H groups in total. The van der Waals surface area contributed by atoms with Crippen molar-refractivity contribution in [1.29, 1.82) is 0 Å². The van der Waals surface area contributed by atoms with Gasteiger partial charge in [-0.15, -0.1) is 0 Å². The summed E-state index contributed by atoms with van der Waals surface area (Å²) in [6, 6.07) is 0. The van der Waals surface area contributed by atoms with Gasteiger partial charge in [0.05, 0.1) is 0 Å². The van der Waals surface area contributed by atoms with Crippen LogP contribution >= 0.6 is 0 Å². The molecule has 0 fully saturated rings. The van der Waals surface area contributed by atoms with Gasteiger partial charge in [-0.25, -0.2) is 0 Å². The van der Waals surface area contributed by atoms with E-state index in [0.717, 1.165) is 0 Å². The Labute approximate surface area is 99.9 Å². The zero-order valence-corrected chi connectivity index (χ0v) is 10.5. The van der Waals surface area contributed by atoms with Crippen LogP contribution < -0.4 is 59.1 Å². The van der Waals surface area contributed by atoms with Gasteiger partial charge in [-0.05, 0) is 0 Å². The van der Waals surface area contributed by atoms with Crippen molar-refractivity contribution in [1.82, 2.24) is 0 Å². The molecule has 0 aromatic carbocycles. The Balaban J connectivity index is 0. The molecular formula is H6Na2O3Zr+2. The summed E-state index contributed by atoms with van der Waals surface area (Å²) in [7, 11) is 0. The van der Waals surface area contributed by atoms with Crippen LogP contribution in [-0.2, 0) is 26.2 Å². The molecule has 0 bridgehead atoms. The maximum absolute atomic E-state index is 0. The second-order valence-corrected chi connectivity index (χ2v) is 0. The van der Waals surface area contributed by atoms with Gasteiger partial charge in [0.1, 0.15) is 0 Å². The van der Waals surface area contributed by atoms with Crippen molar-refractivity contribution in [2.24, 2.45) is 0 Å². The fourth-order valence-corrected chi connectivity index (χ4v) is 0. The summed E-state index contributed by atoms with van der Waals surface area (Å²) < 4.78 is 0. The average molecular weight is 191 g/mol. The van der Waals surface area contributed by atoms with E-state index < -0.39 is 0 Å². The minimum atomic E-state index is 0. The summed E-state index contributed by atoms with van der Waals surface area (Å²) in [6.07, 6.45) is 0. The summed E-state index contributed by atoms with van der Waals surface area (Å²) in [4.78, 5) is 0. The first-order valence-corrected chi connectivity index (χ1v) is 0. The van der Waals surface area contributed by atoms with Gasteiger partial charge < -0.3 is 16.4 Å². The van der Waals surface area contributed by atoms with Crippen molar-refractivity contribution in [2.45, 2.75) is 0 Å². The van der Waals surface area contributed by atoms with E-state index in [0.29, 0.717) is 0 Å². The smallest absolute Gasteiger partial charge is 0.412 e. The monoisotopic (exact) mass is 190 g/mol. The Kier molecular flexibility index (Phi) is 536. The summed E-state index contributed by atoms with van der Waals surface area (Å²) in [5, 5.41) is 0. The van der Waals surface area contributed by atoms with Crippen molar-refractivity contribution in [3.63, 3.8) is 0 Å². The predicted octanol–water partition coefficient (Wildman–Crippen LogP) is -8.47. The van der Waals surface area contributed by atoms with Crippen LogP contribution in [0.1, 0.15) is 0 Å². The summed E-state index contributed by atoms with van der Waals surface area (Å²) in [5.74, 6) is 0.